The highest BCUT2D eigenvalue weighted by molar-refractivity contribution is 7.71. The third-order valence-electron chi connectivity index (χ3n) is 2.47. The average molecular weight is 257 g/mol. The van der Waals surface area contributed by atoms with Crippen molar-refractivity contribution in [2.75, 3.05) is 13.7 Å². The molecule has 86 valence electrons. The molecule has 0 aliphatic carbocycles. The summed E-state index contributed by atoms with van der Waals surface area (Å²) in [6.45, 7) is 1.54. The molecular weight excluding hydrogens is 244 g/mol. The number of fused-ring (bicyclic) bond motifs is 1. The van der Waals surface area contributed by atoms with Crippen LogP contribution in [0, 0.1) is 4.77 Å². The number of aromatic amines is 1. The summed E-state index contributed by atoms with van der Waals surface area (Å²) in [5.74, 6) is 0. The number of aromatic nitrogens is 2. The van der Waals surface area contributed by atoms with Crippen LogP contribution in [0.1, 0.15) is 6.42 Å². The van der Waals surface area contributed by atoms with E-state index in [9.17, 15) is 0 Å². The Hall–Kier alpha value is -0.840. The summed E-state index contributed by atoms with van der Waals surface area (Å²) >= 11 is 11.4. The van der Waals surface area contributed by atoms with E-state index in [1.165, 1.54) is 0 Å². The summed E-state index contributed by atoms with van der Waals surface area (Å²) in [5.41, 5.74) is 1.96. The number of hydrogen-bond acceptors (Lipinski definition) is 2. The number of benzene rings is 1. The van der Waals surface area contributed by atoms with E-state index in [0.717, 1.165) is 35.6 Å². The Morgan fingerprint density at radius 2 is 2.31 bits per heavy atom. The maximum absolute atomic E-state index is 6.17. The molecule has 0 spiro atoms. The summed E-state index contributed by atoms with van der Waals surface area (Å²) < 4.78 is 7.76. The van der Waals surface area contributed by atoms with Crippen molar-refractivity contribution in [3.63, 3.8) is 0 Å². The van der Waals surface area contributed by atoms with Gasteiger partial charge in [0.15, 0.2) is 4.77 Å². The third-order valence-corrected chi connectivity index (χ3v) is 3.10. The van der Waals surface area contributed by atoms with Gasteiger partial charge < -0.3 is 14.3 Å². The molecule has 16 heavy (non-hydrogen) atoms. The van der Waals surface area contributed by atoms with Gasteiger partial charge in [0.25, 0.3) is 0 Å². The zero-order valence-corrected chi connectivity index (χ0v) is 10.6. The predicted molar refractivity (Wildman–Crippen MR) is 68.6 cm³/mol. The van der Waals surface area contributed by atoms with E-state index in [1.807, 2.05) is 22.8 Å². The third kappa shape index (κ3) is 2.14. The van der Waals surface area contributed by atoms with E-state index < -0.39 is 0 Å². The standard InChI is InChI=1S/C11H13ClN2OS/c1-15-7-3-6-14-10-8(12)4-2-5-9(10)13-11(14)16/h2,4-5H,3,6-7H2,1H3,(H,13,16). The number of hydrogen-bond donors (Lipinski definition) is 1. The topological polar surface area (TPSA) is 29.9 Å². The second kappa shape index (κ2) is 4.99. The van der Waals surface area contributed by atoms with Gasteiger partial charge in [-0.2, -0.15) is 0 Å². The lowest BCUT2D eigenvalue weighted by molar-refractivity contribution is 0.190. The van der Waals surface area contributed by atoms with E-state index >= 15 is 0 Å². The summed E-state index contributed by atoms with van der Waals surface area (Å²) in [6.07, 6.45) is 0.920. The molecule has 2 rings (SSSR count). The number of imidazole rings is 1. The largest absolute Gasteiger partial charge is 0.385 e. The Labute approximate surface area is 104 Å². The minimum atomic E-state index is 0.708. The van der Waals surface area contributed by atoms with Gasteiger partial charge in [-0.1, -0.05) is 17.7 Å². The van der Waals surface area contributed by atoms with E-state index in [1.54, 1.807) is 7.11 Å². The fraction of sp³-hybridized carbons (Fsp3) is 0.364. The number of ether oxygens (including phenoxy) is 1. The van der Waals surface area contributed by atoms with Crippen molar-refractivity contribution in [2.24, 2.45) is 0 Å². The fourth-order valence-corrected chi connectivity index (χ4v) is 2.32. The molecule has 0 unspecified atom stereocenters. The molecule has 0 aliphatic rings. The monoisotopic (exact) mass is 256 g/mol. The van der Waals surface area contributed by atoms with Gasteiger partial charge in [0.05, 0.1) is 16.1 Å². The number of para-hydroxylation sites is 1. The van der Waals surface area contributed by atoms with E-state index in [0.29, 0.717) is 4.77 Å². The van der Waals surface area contributed by atoms with Crippen LogP contribution in [0.25, 0.3) is 11.0 Å². The zero-order valence-electron chi connectivity index (χ0n) is 9.00. The van der Waals surface area contributed by atoms with Crippen LogP contribution in [0.3, 0.4) is 0 Å². The van der Waals surface area contributed by atoms with Gasteiger partial charge >= 0.3 is 0 Å². The van der Waals surface area contributed by atoms with Crippen molar-refractivity contribution in [1.82, 2.24) is 9.55 Å². The van der Waals surface area contributed by atoms with Crippen LogP contribution in [-0.2, 0) is 11.3 Å². The normalized spacial score (nSPS) is 11.1. The highest BCUT2D eigenvalue weighted by Gasteiger charge is 2.07. The van der Waals surface area contributed by atoms with Gasteiger partial charge in [-0.25, -0.2) is 0 Å². The molecule has 0 saturated heterocycles. The van der Waals surface area contributed by atoms with Crippen LogP contribution in [0.15, 0.2) is 18.2 Å². The molecule has 0 saturated carbocycles. The molecule has 2 aromatic rings. The van der Waals surface area contributed by atoms with Gasteiger partial charge in [0.2, 0.25) is 0 Å². The fourth-order valence-electron chi connectivity index (χ4n) is 1.76. The smallest absolute Gasteiger partial charge is 0.178 e. The van der Waals surface area contributed by atoms with Crippen molar-refractivity contribution in [3.05, 3.63) is 28.0 Å². The second-order valence-electron chi connectivity index (χ2n) is 3.56. The van der Waals surface area contributed by atoms with Gasteiger partial charge in [0, 0.05) is 20.3 Å². The molecule has 0 bridgehead atoms. The highest BCUT2D eigenvalue weighted by Crippen LogP contribution is 2.23. The number of rotatable bonds is 4. The number of H-pyrrole nitrogens is 1. The molecule has 0 atom stereocenters. The molecule has 1 aromatic heterocycles. The SMILES string of the molecule is COCCCn1c(=S)[nH]c2cccc(Cl)c21. The van der Waals surface area contributed by atoms with Crippen molar-refractivity contribution in [3.8, 4) is 0 Å². The van der Waals surface area contributed by atoms with Crippen molar-refractivity contribution in [2.45, 2.75) is 13.0 Å². The van der Waals surface area contributed by atoms with Gasteiger partial charge in [0.1, 0.15) is 0 Å². The summed E-state index contributed by atoms with van der Waals surface area (Å²) in [6, 6.07) is 5.76. The second-order valence-corrected chi connectivity index (χ2v) is 4.36. The molecule has 1 aromatic carbocycles. The number of halogens is 1. The lowest BCUT2D eigenvalue weighted by atomic mass is 10.3. The van der Waals surface area contributed by atoms with E-state index in [2.05, 4.69) is 4.98 Å². The number of aryl methyl sites for hydroxylation is 1. The first-order chi connectivity index (χ1) is 7.74. The molecule has 3 nitrogen and oxygen atoms in total. The zero-order chi connectivity index (χ0) is 11.5. The predicted octanol–water partition coefficient (Wildman–Crippen LogP) is 3.39. The first kappa shape index (κ1) is 11.6. The van der Waals surface area contributed by atoms with Crippen LogP contribution in [0.5, 0.6) is 0 Å². The summed E-state index contributed by atoms with van der Waals surface area (Å²) in [7, 11) is 1.70. The molecule has 5 heteroatoms. The van der Waals surface area contributed by atoms with Gasteiger partial charge in [-0.3, -0.25) is 0 Å². The molecular formula is C11H13ClN2OS. The van der Waals surface area contributed by atoms with Crippen LogP contribution < -0.4 is 0 Å². The summed E-state index contributed by atoms with van der Waals surface area (Å²) in [4.78, 5) is 3.15. The van der Waals surface area contributed by atoms with Crippen LogP contribution in [0.4, 0.5) is 0 Å². The lowest BCUT2D eigenvalue weighted by Crippen LogP contribution is -2.01. The van der Waals surface area contributed by atoms with Gasteiger partial charge in [-0.15, -0.1) is 0 Å². The Morgan fingerprint density at radius 1 is 1.50 bits per heavy atom. The lowest BCUT2D eigenvalue weighted by Gasteiger charge is -2.04. The van der Waals surface area contributed by atoms with Crippen molar-refractivity contribution in [1.29, 1.82) is 0 Å². The number of nitrogens with one attached hydrogen (secondary N) is 1. The first-order valence-electron chi connectivity index (χ1n) is 5.10. The molecule has 0 aliphatic heterocycles. The minimum Gasteiger partial charge on any atom is -0.385 e. The first-order valence-corrected chi connectivity index (χ1v) is 5.88. The minimum absolute atomic E-state index is 0.708. The Bertz CT molecular complexity index is 546. The van der Waals surface area contributed by atoms with E-state index in [-0.39, 0.29) is 0 Å². The van der Waals surface area contributed by atoms with Crippen molar-refractivity contribution < 1.29 is 4.74 Å². The molecule has 1 heterocycles. The number of nitrogens with zero attached hydrogens (tertiary/aromatic N) is 1. The maximum atomic E-state index is 6.17. The average Bonchev–Trinajstić information content (AvgIpc) is 2.57. The Balaban J connectivity index is 2.43. The van der Waals surface area contributed by atoms with Crippen LogP contribution >= 0.6 is 23.8 Å². The highest BCUT2D eigenvalue weighted by atomic mass is 35.5. The van der Waals surface area contributed by atoms with E-state index in [4.69, 9.17) is 28.6 Å². The Morgan fingerprint density at radius 3 is 3.06 bits per heavy atom. The summed E-state index contributed by atoms with van der Waals surface area (Å²) in [5, 5.41) is 0.724. The maximum Gasteiger partial charge on any atom is 0.178 e. The van der Waals surface area contributed by atoms with Gasteiger partial charge in [-0.05, 0) is 30.8 Å². The Kier molecular flexibility index (Phi) is 3.63. The van der Waals surface area contributed by atoms with Crippen LogP contribution in [0.2, 0.25) is 5.02 Å². The molecule has 0 amide bonds. The number of methoxy groups -OCH3 is 1. The molecule has 0 radical (unpaired) electrons. The quantitative estimate of drug-likeness (QED) is 0.671. The molecule has 0 fully saturated rings. The van der Waals surface area contributed by atoms with Crippen LogP contribution in [-0.4, -0.2) is 23.3 Å². The molecule has 1 N–H and O–H groups in total. The van der Waals surface area contributed by atoms with Crippen molar-refractivity contribution >= 4 is 34.9 Å².